The summed E-state index contributed by atoms with van der Waals surface area (Å²) in [5, 5.41) is 0. The van der Waals surface area contributed by atoms with Gasteiger partial charge in [-0.3, -0.25) is 0 Å². The third-order valence-corrected chi connectivity index (χ3v) is 0.607. The van der Waals surface area contributed by atoms with Crippen LogP contribution in [0.3, 0.4) is 0 Å². The third kappa shape index (κ3) is 4.55. The summed E-state index contributed by atoms with van der Waals surface area (Å²) >= 11 is 0. The van der Waals surface area contributed by atoms with Gasteiger partial charge in [-0.25, -0.2) is 0 Å². The van der Waals surface area contributed by atoms with Gasteiger partial charge in [-0.05, 0) is 0 Å². The molecule has 0 atom stereocenters. The topological polar surface area (TPSA) is 0 Å². The zero-order chi connectivity index (χ0) is 4.24. The molecule has 0 amide bonds. The second kappa shape index (κ2) is 7.39. The third-order valence-electron chi connectivity index (χ3n) is 0.607. The van der Waals surface area contributed by atoms with Gasteiger partial charge in [0.15, 0.2) is 0 Å². The second-order valence-electron chi connectivity index (χ2n) is 1.08. The molecule has 1 aromatic carbocycles. The van der Waals surface area contributed by atoms with Crippen LogP contribution in [0.4, 0.5) is 0 Å². The molecule has 1 rings (SSSR count). The molecule has 0 nitrogen and oxygen atoms in total. The van der Waals surface area contributed by atoms with E-state index in [-0.39, 0.29) is 41.1 Å². The molecule has 0 aliphatic carbocycles. The Balaban J connectivity index is 0. The van der Waals surface area contributed by atoms with Gasteiger partial charge >= 0.3 is 0 Å². The number of benzene rings is 1. The fourth-order valence-corrected chi connectivity index (χ4v) is 0.342. The fraction of sp³-hybridized carbons (Fsp3) is 0. The van der Waals surface area contributed by atoms with Crippen LogP contribution in [0.2, 0.25) is 0 Å². The van der Waals surface area contributed by atoms with E-state index in [9.17, 15) is 0 Å². The second-order valence-corrected chi connectivity index (χ2v) is 1.08. The molecule has 2 heteroatoms. The molecule has 0 bridgehead atoms. The van der Waals surface area contributed by atoms with Gasteiger partial charge in [-0.2, -0.15) is 36.4 Å². The minimum absolute atomic E-state index is 0. The maximum absolute atomic E-state index is 2.89. The molecule has 0 aliphatic heterocycles. The molecule has 0 unspecified atom stereocenters. The van der Waals surface area contributed by atoms with E-state index >= 15 is 0 Å². The zero-order valence-corrected chi connectivity index (χ0v) is 7.38. The summed E-state index contributed by atoms with van der Waals surface area (Å²) in [6.07, 6.45) is 0. The van der Waals surface area contributed by atoms with Gasteiger partial charge < -0.3 is 0 Å². The van der Waals surface area contributed by atoms with Crippen molar-refractivity contribution in [3.05, 3.63) is 36.4 Å². The molecule has 0 N–H and O–H groups in total. The van der Waals surface area contributed by atoms with Crippen LogP contribution in [-0.4, -0.2) is 8.41 Å². The van der Waals surface area contributed by atoms with Crippen molar-refractivity contribution in [1.82, 2.24) is 0 Å². The summed E-state index contributed by atoms with van der Waals surface area (Å²) in [5.74, 6) is 0. The summed E-state index contributed by atoms with van der Waals surface area (Å²) in [7, 11) is 0. The van der Waals surface area contributed by atoms with E-state index in [1.165, 1.54) is 0 Å². The Morgan fingerprint density at radius 1 is 0.875 bits per heavy atom. The predicted molar refractivity (Wildman–Crippen MR) is 31.0 cm³/mol. The van der Waals surface area contributed by atoms with Gasteiger partial charge in [-0.1, -0.05) is 0 Å². The van der Waals surface area contributed by atoms with Crippen molar-refractivity contribution in [3.8, 4) is 0 Å². The summed E-state index contributed by atoms with van der Waals surface area (Å²) < 4.78 is 0. The average molecular weight is 177 g/mol. The van der Waals surface area contributed by atoms with Crippen molar-refractivity contribution < 1.29 is 32.7 Å². The maximum atomic E-state index is 2.89. The molecular formula is C6H5BY-. The van der Waals surface area contributed by atoms with Crippen molar-refractivity contribution in [2.75, 3.05) is 0 Å². The SMILES string of the molecule is [B].[Y].[c-]1ccccc1. The zero-order valence-electron chi connectivity index (χ0n) is 4.54. The van der Waals surface area contributed by atoms with Crippen LogP contribution < -0.4 is 0 Å². The Morgan fingerprint density at radius 2 is 1.38 bits per heavy atom. The van der Waals surface area contributed by atoms with Crippen LogP contribution in [-0.2, 0) is 32.7 Å². The van der Waals surface area contributed by atoms with E-state index in [0.29, 0.717) is 0 Å². The van der Waals surface area contributed by atoms with Gasteiger partial charge in [0.05, 0.1) is 0 Å². The van der Waals surface area contributed by atoms with Crippen LogP contribution in [0.25, 0.3) is 0 Å². The van der Waals surface area contributed by atoms with Crippen LogP contribution in [0.15, 0.2) is 30.3 Å². The molecule has 0 fully saturated rings. The number of hydrogen-bond acceptors (Lipinski definition) is 0. The average Bonchev–Trinajstić information content (AvgIpc) is 1.72. The predicted octanol–water partition coefficient (Wildman–Crippen LogP) is 1.10. The summed E-state index contributed by atoms with van der Waals surface area (Å²) in [4.78, 5) is 0. The van der Waals surface area contributed by atoms with Gasteiger partial charge in [0.25, 0.3) is 0 Å². The van der Waals surface area contributed by atoms with Gasteiger partial charge in [0.1, 0.15) is 0 Å². The van der Waals surface area contributed by atoms with Gasteiger partial charge in [0.2, 0.25) is 0 Å². The van der Waals surface area contributed by atoms with E-state index in [1.807, 2.05) is 30.3 Å². The molecule has 0 spiro atoms. The molecule has 4 radical (unpaired) electrons. The first kappa shape index (κ1) is 11.2. The maximum Gasteiger partial charge on any atom is 0 e. The minimum atomic E-state index is 0. The van der Waals surface area contributed by atoms with Crippen molar-refractivity contribution in [3.63, 3.8) is 0 Å². The molecule has 0 saturated heterocycles. The summed E-state index contributed by atoms with van der Waals surface area (Å²) in [6, 6.07) is 12.5. The van der Waals surface area contributed by atoms with E-state index < -0.39 is 0 Å². The molecular weight excluding hydrogens is 172 g/mol. The minimum Gasteiger partial charge on any atom is -0.184 e. The van der Waals surface area contributed by atoms with Gasteiger partial charge in [-0.15, -0.1) is 0 Å². The Bertz CT molecular complexity index is 80.5. The Morgan fingerprint density at radius 3 is 1.50 bits per heavy atom. The Kier molecular flexibility index (Phi) is 10.4. The fourth-order valence-electron chi connectivity index (χ4n) is 0.342. The quantitative estimate of drug-likeness (QED) is 0.411. The molecule has 0 aromatic heterocycles. The van der Waals surface area contributed by atoms with E-state index in [4.69, 9.17) is 0 Å². The van der Waals surface area contributed by atoms with Crippen LogP contribution >= 0.6 is 0 Å². The van der Waals surface area contributed by atoms with Crippen molar-refractivity contribution in [2.24, 2.45) is 0 Å². The molecule has 0 heterocycles. The van der Waals surface area contributed by atoms with Gasteiger partial charge in [0, 0.05) is 41.1 Å². The van der Waals surface area contributed by atoms with E-state index in [0.717, 1.165) is 0 Å². The van der Waals surface area contributed by atoms with Crippen molar-refractivity contribution in [1.29, 1.82) is 0 Å². The summed E-state index contributed by atoms with van der Waals surface area (Å²) in [5.41, 5.74) is 0. The van der Waals surface area contributed by atoms with E-state index in [1.54, 1.807) is 0 Å². The van der Waals surface area contributed by atoms with Crippen LogP contribution in [0.1, 0.15) is 0 Å². The molecule has 0 saturated carbocycles. The first-order valence-electron chi connectivity index (χ1n) is 1.91. The molecule has 1 aromatic rings. The largest absolute Gasteiger partial charge is 0.184 e. The molecule has 8 heavy (non-hydrogen) atoms. The normalized spacial score (nSPS) is 6.00. The number of hydrogen-bond donors (Lipinski definition) is 0. The molecule has 0 aliphatic rings. The monoisotopic (exact) mass is 177 g/mol. The van der Waals surface area contributed by atoms with Crippen molar-refractivity contribution in [2.45, 2.75) is 0 Å². The first-order valence-corrected chi connectivity index (χ1v) is 1.91. The Hall–Kier alpha value is 0.389. The first-order chi connectivity index (χ1) is 3.00. The van der Waals surface area contributed by atoms with Crippen LogP contribution in [0, 0.1) is 6.07 Å². The smallest absolute Gasteiger partial charge is 0 e. The molecule has 36 valence electrons. The van der Waals surface area contributed by atoms with Crippen LogP contribution in [0.5, 0.6) is 0 Å². The van der Waals surface area contributed by atoms with Crippen molar-refractivity contribution >= 4 is 8.41 Å². The Labute approximate surface area is 77.1 Å². The summed E-state index contributed by atoms with van der Waals surface area (Å²) in [6.45, 7) is 0. The number of rotatable bonds is 0. The van der Waals surface area contributed by atoms with E-state index in [2.05, 4.69) is 6.07 Å². The standard InChI is InChI=1S/C6H5.B.Y/c1-2-4-6-5-3-1;;/h1-5H;;/q-1;;.